The maximum Gasteiger partial charge on any atom is 0.191 e. The van der Waals surface area contributed by atoms with Gasteiger partial charge in [-0.15, -0.1) is 0 Å². The molecule has 1 unspecified atom stereocenters. The first-order valence-electron chi connectivity index (χ1n) is 9.18. The fourth-order valence-electron chi connectivity index (χ4n) is 2.71. The van der Waals surface area contributed by atoms with Crippen LogP contribution >= 0.6 is 11.6 Å². The molecule has 5 nitrogen and oxygen atoms in total. The third kappa shape index (κ3) is 7.63. The van der Waals surface area contributed by atoms with Gasteiger partial charge in [-0.05, 0) is 50.8 Å². The Bertz CT molecular complexity index is 516. The molecule has 0 spiro atoms. The van der Waals surface area contributed by atoms with Crippen LogP contribution in [0.2, 0.25) is 5.02 Å². The van der Waals surface area contributed by atoms with Crippen molar-refractivity contribution in [2.75, 3.05) is 32.9 Å². The second-order valence-corrected chi connectivity index (χ2v) is 6.65. The molecule has 0 radical (unpaired) electrons. The van der Waals surface area contributed by atoms with Gasteiger partial charge in [0.1, 0.15) is 0 Å². The molecule has 0 saturated carbocycles. The van der Waals surface area contributed by atoms with Gasteiger partial charge in [-0.3, -0.25) is 4.99 Å². The molecule has 25 heavy (non-hydrogen) atoms. The molecule has 0 amide bonds. The Kier molecular flexibility index (Phi) is 9.08. The zero-order valence-electron chi connectivity index (χ0n) is 15.3. The molecule has 2 rings (SSSR count). The second kappa shape index (κ2) is 11.3. The smallest absolute Gasteiger partial charge is 0.191 e. The van der Waals surface area contributed by atoms with Crippen LogP contribution in [0.5, 0.6) is 0 Å². The minimum absolute atomic E-state index is 0.161. The van der Waals surface area contributed by atoms with Crippen LogP contribution in [0.25, 0.3) is 0 Å². The molecular weight excluding hydrogens is 338 g/mol. The van der Waals surface area contributed by atoms with Crippen molar-refractivity contribution >= 4 is 17.6 Å². The Morgan fingerprint density at radius 2 is 2.04 bits per heavy atom. The third-order valence-electron chi connectivity index (χ3n) is 4.16. The summed E-state index contributed by atoms with van der Waals surface area (Å²) < 4.78 is 11.2. The SMILES string of the molecule is CCNC(=NCCCOC1CCOCC1)NC(C)c1ccc(Cl)cc1. The largest absolute Gasteiger partial charge is 0.381 e. The van der Waals surface area contributed by atoms with E-state index in [1.54, 1.807) is 0 Å². The fourth-order valence-corrected chi connectivity index (χ4v) is 2.83. The lowest BCUT2D eigenvalue weighted by atomic mass is 10.1. The Hall–Kier alpha value is -1.30. The summed E-state index contributed by atoms with van der Waals surface area (Å²) >= 11 is 5.95. The maximum atomic E-state index is 5.95. The molecule has 1 fully saturated rings. The first kappa shape index (κ1) is 20.0. The predicted octanol–water partition coefficient (Wildman–Crippen LogP) is 3.54. The summed E-state index contributed by atoms with van der Waals surface area (Å²) in [6.07, 6.45) is 3.29. The molecule has 1 aliphatic heterocycles. The second-order valence-electron chi connectivity index (χ2n) is 6.21. The van der Waals surface area contributed by atoms with Gasteiger partial charge in [0, 0.05) is 37.9 Å². The first-order chi connectivity index (χ1) is 12.2. The molecule has 0 aliphatic carbocycles. The molecule has 2 N–H and O–H groups in total. The van der Waals surface area contributed by atoms with Crippen molar-refractivity contribution in [1.29, 1.82) is 0 Å². The van der Waals surface area contributed by atoms with Gasteiger partial charge in [-0.1, -0.05) is 23.7 Å². The van der Waals surface area contributed by atoms with Gasteiger partial charge in [-0.2, -0.15) is 0 Å². The number of benzene rings is 1. The summed E-state index contributed by atoms with van der Waals surface area (Å²) in [5.74, 6) is 0.830. The van der Waals surface area contributed by atoms with E-state index in [-0.39, 0.29) is 6.04 Å². The van der Waals surface area contributed by atoms with Gasteiger partial charge < -0.3 is 20.1 Å². The van der Waals surface area contributed by atoms with Gasteiger partial charge in [0.2, 0.25) is 0 Å². The van der Waals surface area contributed by atoms with Crippen LogP contribution in [0, 0.1) is 0 Å². The fraction of sp³-hybridized carbons (Fsp3) is 0.632. The standard InChI is InChI=1S/C19H30ClN3O2/c1-3-21-19(23-15(2)16-5-7-17(20)8-6-16)22-11-4-12-25-18-9-13-24-14-10-18/h5-8,15,18H,3-4,9-14H2,1-2H3,(H2,21,22,23). The minimum atomic E-state index is 0.161. The molecule has 1 aromatic carbocycles. The van der Waals surface area contributed by atoms with E-state index >= 15 is 0 Å². The molecule has 1 atom stereocenters. The number of rotatable bonds is 8. The van der Waals surface area contributed by atoms with E-state index in [2.05, 4.69) is 29.5 Å². The first-order valence-corrected chi connectivity index (χ1v) is 9.56. The van der Waals surface area contributed by atoms with E-state index in [1.165, 1.54) is 5.56 Å². The van der Waals surface area contributed by atoms with Crippen LogP contribution in [0.15, 0.2) is 29.3 Å². The molecule has 1 aromatic rings. The number of nitrogens with one attached hydrogen (secondary N) is 2. The number of aliphatic imine (C=N–C) groups is 1. The predicted molar refractivity (Wildman–Crippen MR) is 103 cm³/mol. The highest BCUT2D eigenvalue weighted by molar-refractivity contribution is 6.30. The zero-order chi connectivity index (χ0) is 17.9. The monoisotopic (exact) mass is 367 g/mol. The number of hydrogen-bond donors (Lipinski definition) is 2. The Labute approximate surface area is 156 Å². The molecule has 140 valence electrons. The lowest BCUT2D eigenvalue weighted by molar-refractivity contribution is -0.0318. The quantitative estimate of drug-likeness (QED) is 0.419. The molecule has 0 aromatic heterocycles. The molecule has 1 saturated heterocycles. The van der Waals surface area contributed by atoms with E-state index in [4.69, 9.17) is 21.1 Å². The highest BCUT2D eigenvalue weighted by atomic mass is 35.5. The van der Waals surface area contributed by atoms with E-state index in [0.29, 0.717) is 6.10 Å². The lowest BCUT2D eigenvalue weighted by Crippen LogP contribution is -2.38. The highest BCUT2D eigenvalue weighted by Crippen LogP contribution is 2.16. The van der Waals surface area contributed by atoms with E-state index in [9.17, 15) is 0 Å². The van der Waals surface area contributed by atoms with Crippen LogP contribution < -0.4 is 10.6 Å². The van der Waals surface area contributed by atoms with Crippen LogP contribution in [0.3, 0.4) is 0 Å². The third-order valence-corrected chi connectivity index (χ3v) is 4.41. The average Bonchev–Trinajstić information content (AvgIpc) is 2.63. The number of ether oxygens (including phenoxy) is 2. The molecule has 0 bridgehead atoms. The summed E-state index contributed by atoms with van der Waals surface area (Å²) in [5, 5.41) is 7.47. The van der Waals surface area contributed by atoms with Crippen molar-refractivity contribution in [2.45, 2.75) is 45.3 Å². The summed E-state index contributed by atoms with van der Waals surface area (Å²) in [7, 11) is 0. The summed E-state index contributed by atoms with van der Waals surface area (Å²) in [6, 6.07) is 8.05. The number of hydrogen-bond acceptors (Lipinski definition) is 3. The topological polar surface area (TPSA) is 54.9 Å². The van der Waals surface area contributed by atoms with Crippen LogP contribution in [0.4, 0.5) is 0 Å². The highest BCUT2D eigenvalue weighted by Gasteiger charge is 2.13. The Morgan fingerprint density at radius 3 is 2.72 bits per heavy atom. The van der Waals surface area contributed by atoms with E-state index in [1.807, 2.05) is 24.3 Å². The van der Waals surface area contributed by atoms with Gasteiger partial charge in [0.25, 0.3) is 0 Å². The van der Waals surface area contributed by atoms with Crippen LogP contribution in [-0.4, -0.2) is 45.0 Å². The summed E-state index contributed by atoms with van der Waals surface area (Å²) in [5.41, 5.74) is 1.18. The van der Waals surface area contributed by atoms with Crippen molar-refractivity contribution in [1.82, 2.24) is 10.6 Å². The minimum Gasteiger partial charge on any atom is -0.381 e. The van der Waals surface area contributed by atoms with Gasteiger partial charge in [-0.25, -0.2) is 0 Å². The van der Waals surface area contributed by atoms with E-state index < -0.39 is 0 Å². The van der Waals surface area contributed by atoms with Crippen LogP contribution in [-0.2, 0) is 9.47 Å². The molecular formula is C19H30ClN3O2. The number of nitrogens with zero attached hydrogens (tertiary/aromatic N) is 1. The average molecular weight is 368 g/mol. The van der Waals surface area contributed by atoms with Crippen molar-refractivity contribution in [2.24, 2.45) is 4.99 Å². The molecule has 6 heteroatoms. The van der Waals surface area contributed by atoms with Crippen molar-refractivity contribution < 1.29 is 9.47 Å². The van der Waals surface area contributed by atoms with Gasteiger partial charge >= 0.3 is 0 Å². The van der Waals surface area contributed by atoms with Crippen LogP contribution in [0.1, 0.15) is 44.7 Å². The lowest BCUT2D eigenvalue weighted by Gasteiger charge is -2.22. The van der Waals surface area contributed by atoms with Gasteiger partial charge in [0.15, 0.2) is 5.96 Å². The summed E-state index contributed by atoms with van der Waals surface area (Å²) in [4.78, 5) is 4.64. The molecule has 1 aliphatic rings. The zero-order valence-corrected chi connectivity index (χ0v) is 16.0. The summed E-state index contributed by atoms with van der Waals surface area (Å²) in [6.45, 7) is 8.15. The van der Waals surface area contributed by atoms with E-state index in [0.717, 1.165) is 63.2 Å². The number of guanidine groups is 1. The normalized spacial score (nSPS) is 17.3. The van der Waals surface area contributed by atoms with Crippen molar-refractivity contribution in [3.63, 3.8) is 0 Å². The van der Waals surface area contributed by atoms with Crippen molar-refractivity contribution in [3.05, 3.63) is 34.9 Å². The van der Waals surface area contributed by atoms with Gasteiger partial charge in [0.05, 0.1) is 12.1 Å². The number of halogens is 1. The molecule has 1 heterocycles. The Balaban J connectivity index is 1.74. The Morgan fingerprint density at radius 1 is 1.32 bits per heavy atom. The maximum absolute atomic E-state index is 5.95. The van der Waals surface area contributed by atoms with Crippen molar-refractivity contribution in [3.8, 4) is 0 Å².